The Kier molecular flexibility index (Phi) is 6.58. The van der Waals surface area contributed by atoms with Gasteiger partial charge in [-0.2, -0.15) is 17.0 Å². The highest BCUT2D eigenvalue weighted by Gasteiger charge is 2.39. The number of para-hydroxylation sites is 1. The maximum atomic E-state index is 13.1. The van der Waals surface area contributed by atoms with Crippen molar-refractivity contribution in [2.24, 2.45) is 0 Å². The minimum absolute atomic E-state index is 0.254. The fraction of sp³-hybridized carbons (Fsp3) is 0.562. The summed E-state index contributed by atoms with van der Waals surface area (Å²) in [4.78, 5) is 12.4. The van der Waals surface area contributed by atoms with Crippen molar-refractivity contribution >= 4 is 22.0 Å². The number of hydrogen-bond acceptors (Lipinski definition) is 4. The molecule has 1 rings (SSSR count). The number of amides is 1. The van der Waals surface area contributed by atoms with Crippen molar-refractivity contribution in [2.45, 2.75) is 59.7 Å². The van der Waals surface area contributed by atoms with Crippen molar-refractivity contribution in [3.63, 3.8) is 0 Å². The van der Waals surface area contributed by atoms with Crippen LogP contribution < -0.4 is 4.31 Å². The number of benzene rings is 1. The van der Waals surface area contributed by atoms with Gasteiger partial charge >= 0.3 is 16.3 Å². The fourth-order valence-electron chi connectivity index (χ4n) is 2.37. The molecule has 1 aromatic carbocycles. The summed E-state index contributed by atoms with van der Waals surface area (Å²) in [5.41, 5.74) is 0.254. The standard InChI is InChI=1S/C16H26N2O4S/c1-12(2)17(13(3)4)23(20,21)18(16(19)22-14(5)6)15-10-8-7-9-11-15/h7-14H,1-6H3. The van der Waals surface area contributed by atoms with Gasteiger partial charge in [0.1, 0.15) is 0 Å². The fourth-order valence-corrected chi connectivity index (χ4v) is 4.24. The Morgan fingerprint density at radius 1 is 0.957 bits per heavy atom. The van der Waals surface area contributed by atoms with Gasteiger partial charge in [-0.15, -0.1) is 0 Å². The summed E-state index contributed by atoms with van der Waals surface area (Å²) in [6.07, 6.45) is -1.33. The van der Waals surface area contributed by atoms with Crippen molar-refractivity contribution in [3.05, 3.63) is 30.3 Å². The van der Waals surface area contributed by atoms with Gasteiger partial charge in [0.15, 0.2) is 0 Å². The Labute approximate surface area is 139 Å². The first-order chi connectivity index (χ1) is 10.6. The highest BCUT2D eigenvalue weighted by atomic mass is 32.2. The van der Waals surface area contributed by atoms with Crippen molar-refractivity contribution in [1.29, 1.82) is 0 Å². The van der Waals surface area contributed by atoms with Crippen LogP contribution >= 0.6 is 0 Å². The quantitative estimate of drug-likeness (QED) is 0.794. The maximum Gasteiger partial charge on any atom is 0.429 e. The second-order valence-corrected chi connectivity index (χ2v) is 7.74. The monoisotopic (exact) mass is 342 g/mol. The topological polar surface area (TPSA) is 66.9 Å². The number of hydrogen-bond donors (Lipinski definition) is 0. The molecule has 130 valence electrons. The van der Waals surface area contributed by atoms with Crippen LogP contribution in [0, 0.1) is 0 Å². The molecule has 0 aromatic heterocycles. The molecule has 1 aromatic rings. The van der Waals surface area contributed by atoms with E-state index >= 15 is 0 Å². The van der Waals surface area contributed by atoms with Gasteiger partial charge in [0, 0.05) is 12.1 Å². The SMILES string of the molecule is CC(C)OC(=O)N(c1ccccc1)S(=O)(=O)N(C(C)C)C(C)C. The number of carbonyl (C=O) groups excluding carboxylic acids is 1. The van der Waals surface area contributed by atoms with Crippen molar-refractivity contribution < 1.29 is 17.9 Å². The molecule has 0 N–H and O–H groups in total. The van der Waals surface area contributed by atoms with Gasteiger partial charge < -0.3 is 4.74 Å². The lowest BCUT2D eigenvalue weighted by molar-refractivity contribution is 0.126. The average molecular weight is 342 g/mol. The zero-order valence-electron chi connectivity index (χ0n) is 14.6. The first-order valence-electron chi connectivity index (χ1n) is 7.68. The lowest BCUT2D eigenvalue weighted by Crippen LogP contribution is -2.52. The molecule has 23 heavy (non-hydrogen) atoms. The largest absolute Gasteiger partial charge is 0.446 e. The van der Waals surface area contributed by atoms with Crippen LogP contribution in [0.15, 0.2) is 30.3 Å². The summed E-state index contributed by atoms with van der Waals surface area (Å²) in [6, 6.07) is 7.66. The van der Waals surface area contributed by atoms with Crippen LogP contribution in [0.25, 0.3) is 0 Å². The van der Waals surface area contributed by atoms with Gasteiger partial charge in [-0.25, -0.2) is 4.79 Å². The van der Waals surface area contributed by atoms with Gasteiger partial charge in [-0.1, -0.05) is 18.2 Å². The molecule has 0 aliphatic rings. The number of nitrogens with zero attached hydrogens (tertiary/aromatic N) is 2. The van der Waals surface area contributed by atoms with Crippen LogP contribution in [-0.4, -0.2) is 37.0 Å². The highest BCUT2D eigenvalue weighted by Crippen LogP contribution is 2.24. The summed E-state index contributed by atoms with van der Waals surface area (Å²) in [5, 5.41) is 0. The predicted octanol–water partition coefficient (Wildman–Crippen LogP) is 3.40. The van der Waals surface area contributed by atoms with E-state index in [0.717, 1.165) is 4.31 Å². The first-order valence-corrected chi connectivity index (χ1v) is 9.08. The molecule has 0 radical (unpaired) electrons. The Balaban J connectivity index is 3.41. The van der Waals surface area contributed by atoms with E-state index in [1.807, 2.05) is 0 Å². The summed E-state index contributed by atoms with van der Waals surface area (Å²) >= 11 is 0. The third kappa shape index (κ3) is 4.68. The summed E-state index contributed by atoms with van der Waals surface area (Å²) < 4.78 is 33.3. The van der Waals surface area contributed by atoms with Gasteiger partial charge in [0.2, 0.25) is 0 Å². The lowest BCUT2D eigenvalue weighted by Gasteiger charge is -2.34. The molecule has 7 heteroatoms. The minimum atomic E-state index is -4.07. The Morgan fingerprint density at radius 2 is 1.43 bits per heavy atom. The van der Waals surface area contributed by atoms with Crippen LogP contribution in [0.5, 0.6) is 0 Å². The number of anilines is 1. The third-order valence-corrected chi connectivity index (χ3v) is 5.21. The molecule has 0 aliphatic heterocycles. The van der Waals surface area contributed by atoms with Gasteiger partial charge in [-0.05, 0) is 53.7 Å². The highest BCUT2D eigenvalue weighted by molar-refractivity contribution is 7.91. The molecular formula is C16H26N2O4S. The van der Waals surface area contributed by atoms with Crippen LogP contribution in [0.2, 0.25) is 0 Å². The molecule has 0 heterocycles. The van der Waals surface area contributed by atoms with E-state index in [2.05, 4.69) is 0 Å². The van der Waals surface area contributed by atoms with E-state index in [4.69, 9.17) is 4.74 Å². The molecule has 0 fully saturated rings. The average Bonchev–Trinajstić information content (AvgIpc) is 2.36. The van der Waals surface area contributed by atoms with E-state index in [9.17, 15) is 13.2 Å². The zero-order chi connectivity index (χ0) is 17.8. The van der Waals surface area contributed by atoms with E-state index < -0.39 is 22.4 Å². The normalized spacial score (nSPS) is 12.3. The van der Waals surface area contributed by atoms with E-state index in [0.29, 0.717) is 0 Å². The second kappa shape index (κ2) is 7.79. The molecule has 6 nitrogen and oxygen atoms in total. The Bertz CT molecular complexity index is 604. The molecular weight excluding hydrogens is 316 g/mol. The van der Waals surface area contributed by atoms with Crippen molar-refractivity contribution in [1.82, 2.24) is 4.31 Å². The van der Waals surface area contributed by atoms with Crippen LogP contribution in [0.3, 0.4) is 0 Å². The maximum absolute atomic E-state index is 13.1. The predicted molar refractivity (Wildman–Crippen MR) is 91.6 cm³/mol. The van der Waals surface area contributed by atoms with Gasteiger partial charge in [0.05, 0.1) is 11.8 Å². The lowest BCUT2D eigenvalue weighted by atomic mass is 10.3. The zero-order valence-corrected chi connectivity index (χ0v) is 15.4. The first kappa shape index (κ1) is 19.4. The summed E-state index contributed by atoms with van der Waals surface area (Å²) in [5.74, 6) is 0. The van der Waals surface area contributed by atoms with Gasteiger partial charge in [-0.3, -0.25) is 0 Å². The smallest absolute Gasteiger partial charge is 0.429 e. The molecule has 0 saturated heterocycles. The van der Waals surface area contributed by atoms with E-state index in [-0.39, 0.29) is 17.8 Å². The number of ether oxygens (including phenoxy) is 1. The van der Waals surface area contributed by atoms with Crippen LogP contribution in [0.1, 0.15) is 41.5 Å². The molecule has 0 unspecified atom stereocenters. The van der Waals surface area contributed by atoms with E-state index in [1.54, 1.807) is 71.9 Å². The number of carbonyl (C=O) groups is 1. The molecule has 0 bridgehead atoms. The van der Waals surface area contributed by atoms with Crippen LogP contribution in [-0.2, 0) is 14.9 Å². The summed E-state index contributed by atoms with van der Waals surface area (Å²) in [7, 11) is -4.07. The molecule has 0 atom stereocenters. The summed E-state index contributed by atoms with van der Waals surface area (Å²) in [6.45, 7) is 10.4. The second-order valence-electron chi connectivity index (χ2n) is 6.06. The molecule has 0 aliphatic carbocycles. The number of rotatable bonds is 6. The molecule has 0 saturated carbocycles. The Morgan fingerprint density at radius 3 is 1.83 bits per heavy atom. The third-order valence-electron chi connectivity index (χ3n) is 3.01. The molecule has 0 spiro atoms. The van der Waals surface area contributed by atoms with E-state index in [1.165, 1.54) is 4.31 Å². The van der Waals surface area contributed by atoms with Crippen LogP contribution in [0.4, 0.5) is 10.5 Å². The van der Waals surface area contributed by atoms with Gasteiger partial charge in [0.25, 0.3) is 0 Å². The Hall–Kier alpha value is -1.60. The minimum Gasteiger partial charge on any atom is -0.446 e. The van der Waals surface area contributed by atoms with Crippen molar-refractivity contribution in [3.8, 4) is 0 Å². The molecule has 1 amide bonds. The van der Waals surface area contributed by atoms with Crippen molar-refractivity contribution in [2.75, 3.05) is 4.31 Å².